The van der Waals surface area contributed by atoms with Gasteiger partial charge in [0.1, 0.15) is 0 Å². The highest BCUT2D eigenvalue weighted by Gasteiger charge is 2.23. The molecule has 124 valence electrons. The maximum atomic E-state index is 12.2. The van der Waals surface area contributed by atoms with Crippen LogP contribution in [0.25, 0.3) is 0 Å². The Labute approximate surface area is 137 Å². The van der Waals surface area contributed by atoms with Gasteiger partial charge in [-0.2, -0.15) is 0 Å². The first kappa shape index (κ1) is 17.7. The minimum atomic E-state index is -3.60. The molecule has 2 aromatic rings. The third-order valence-electron chi connectivity index (χ3n) is 3.75. The van der Waals surface area contributed by atoms with Gasteiger partial charge in [0.05, 0.1) is 23.7 Å². The van der Waals surface area contributed by atoms with Gasteiger partial charge < -0.3 is 10.2 Å². The molecule has 0 aromatic heterocycles. The number of hydrogen-bond donors (Lipinski definition) is 2. The van der Waals surface area contributed by atoms with Crippen molar-refractivity contribution in [3.8, 4) is 0 Å². The van der Waals surface area contributed by atoms with Crippen LogP contribution in [0.4, 0.5) is 0 Å². The second-order valence-corrected chi connectivity index (χ2v) is 8.08. The maximum absolute atomic E-state index is 12.2. The Morgan fingerprint density at radius 2 is 1.04 bits per heavy atom. The van der Waals surface area contributed by atoms with Gasteiger partial charge >= 0.3 is 0 Å². The van der Waals surface area contributed by atoms with Crippen LogP contribution in [0.2, 0.25) is 0 Å². The van der Waals surface area contributed by atoms with Crippen LogP contribution in [0.5, 0.6) is 0 Å². The van der Waals surface area contributed by atoms with Crippen LogP contribution in [-0.4, -0.2) is 30.1 Å². The number of hydrogen-bond acceptors (Lipinski definition) is 4. The van der Waals surface area contributed by atoms with Gasteiger partial charge in [0, 0.05) is 0 Å². The van der Waals surface area contributed by atoms with Crippen LogP contribution < -0.4 is 0 Å². The number of rotatable bonds is 6. The highest BCUT2D eigenvalue weighted by molar-refractivity contribution is 7.91. The van der Waals surface area contributed by atoms with E-state index in [1.807, 2.05) is 38.1 Å². The van der Waals surface area contributed by atoms with Crippen LogP contribution in [0, 0.1) is 13.8 Å². The topological polar surface area (TPSA) is 74.6 Å². The van der Waals surface area contributed by atoms with Gasteiger partial charge in [-0.25, -0.2) is 8.42 Å². The highest BCUT2D eigenvalue weighted by Crippen LogP contribution is 2.20. The van der Waals surface area contributed by atoms with Crippen molar-refractivity contribution in [1.29, 1.82) is 0 Å². The van der Waals surface area contributed by atoms with Crippen LogP contribution in [0.15, 0.2) is 48.5 Å². The lowest BCUT2D eigenvalue weighted by Crippen LogP contribution is -2.21. The molecule has 23 heavy (non-hydrogen) atoms. The third-order valence-corrected chi connectivity index (χ3v) is 5.40. The first-order valence-corrected chi connectivity index (χ1v) is 9.29. The summed E-state index contributed by atoms with van der Waals surface area (Å²) in [6, 6.07) is 14.2. The Balaban J connectivity index is 2.03. The number of benzene rings is 2. The Morgan fingerprint density at radius 3 is 1.35 bits per heavy atom. The Hall–Kier alpha value is -1.69. The Morgan fingerprint density at radius 1 is 0.739 bits per heavy atom. The SMILES string of the molecule is Cc1ccc(C(O)CS(=O)(=O)CC(O)c2ccc(C)cc2)cc1. The summed E-state index contributed by atoms with van der Waals surface area (Å²) in [5.41, 5.74) is 3.20. The van der Waals surface area contributed by atoms with Crippen molar-refractivity contribution in [1.82, 2.24) is 0 Å². The standard InChI is InChI=1S/C18H22O4S/c1-13-3-7-15(8-4-13)17(19)11-23(21,22)12-18(20)16-9-5-14(2)6-10-16/h3-10,17-20H,11-12H2,1-2H3. The second-order valence-electron chi connectivity index (χ2n) is 5.93. The maximum Gasteiger partial charge on any atom is 0.156 e. The van der Waals surface area contributed by atoms with Gasteiger partial charge in [0.2, 0.25) is 0 Å². The van der Waals surface area contributed by atoms with Gasteiger partial charge in [0.15, 0.2) is 9.84 Å². The average molecular weight is 334 g/mol. The monoisotopic (exact) mass is 334 g/mol. The normalized spacial score (nSPS) is 14.4. The van der Waals surface area contributed by atoms with Crippen LogP contribution >= 0.6 is 0 Å². The molecule has 0 saturated carbocycles. The average Bonchev–Trinajstić information content (AvgIpc) is 2.47. The summed E-state index contributed by atoms with van der Waals surface area (Å²) >= 11 is 0. The van der Waals surface area contributed by atoms with E-state index in [9.17, 15) is 18.6 Å². The molecular formula is C18H22O4S. The molecule has 0 aliphatic heterocycles. The molecule has 2 aromatic carbocycles. The van der Waals surface area contributed by atoms with Crippen molar-refractivity contribution < 1.29 is 18.6 Å². The van der Waals surface area contributed by atoms with Gasteiger partial charge in [-0.1, -0.05) is 59.7 Å². The van der Waals surface area contributed by atoms with Crippen LogP contribution in [0.3, 0.4) is 0 Å². The molecule has 0 saturated heterocycles. The van der Waals surface area contributed by atoms with Crippen molar-refractivity contribution in [2.45, 2.75) is 26.1 Å². The summed E-state index contributed by atoms with van der Waals surface area (Å²) in [7, 11) is -3.60. The largest absolute Gasteiger partial charge is 0.387 e. The summed E-state index contributed by atoms with van der Waals surface area (Å²) in [5.74, 6) is -0.808. The molecule has 5 heteroatoms. The minimum Gasteiger partial charge on any atom is -0.387 e. The number of aliphatic hydroxyl groups excluding tert-OH is 2. The molecule has 4 nitrogen and oxygen atoms in total. The van der Waals surface area contributed by atoms with E-state index in [1.165, 1.54) is 0 Å². The molecule has 0 spiro atoms. The molecule has 0 aliphatic rings. The molecule has 2 rings (SSSR count). The van der Waals surface area contributed by atoms with Crippen LogP contribution in [0.1, 0.15) is 34.5 Å². The molecule has 2 unspecified atom stereocenters. The lowest BCUT2D eigenvalue weighted by molar-refractivity contribution is 0.194. The lowest BCUT2D eigenvalue weighted by atomic mass is 10.1. The molecule has 2 atom stereocenters. The van der Waals surface area contributed by atoms with Gasteiger partial charge in [-0.3, -0.25) is 0 Å². The van der Waals surface area contributed by atoms with E-state index >= 15 is 0 Å². The van der Waals surface area contributed by atoms with Crippen molar-refractivity contribution in [2.75, 3.05) is 11.5 Å². The van der Waals surface area contributed by atoms with Gasteiger partial charge in [-0.15, -0.1) is 0 Å². The van der Waals surface area contributed by atoms with E-state index < -0.39 is 33.6 Å². The molecule has 0 radical (unpaired) electrons. The Kier molecular flexibility index (Phi) is 5.57. The first-order valence-electron chi connectivity index (χ1n) is 7.46. The fourth-order valence-corrected chi connectivity index (χ4v) is 3.80. The number of aryl methyl sites for hydroxylation is 2. The molecule has 0 fully saturated rings. The van der Waals surface area contributed by atoms with Crippen molar-refractivity contribution in [3.63, 3.8) is 0 Å². The van der Waals surface area contributed by atoms with E-state index in [-0.39, 0.29) is 0 Å². The Bertz CT molecular complexity index is 674. The molecule has 2 N–H and O–H groups in total. The summed E-state index contributed by atoms with van der Waals surface area (Å²) in [6.45, 7) is 3.84. The molecule has 0 heterocycles. The smallest absolute Gasteiger partial charge is 0.156 e. The predicted octanol–water partition coefficient (Wildman–Crippen LogP) is 2.49. The number of sulfone groups is 1. The van der Waals surface area contributed by atoms with Crippen molar-refractivity contribution in [2.24, 2.45) is 0 Å². The summed E-state index contributed by atoms with van der Waals surface area (Å²) in [6.07, 6.45) is -2.18. The fourth-order valence-electron chi connectivity index (χ4n) is 2.32. The van der Waals surface area contributed by atoms with Crippen molar-refractivity contribution in [3.05, 3.63) is 70.8 Å². The third kappa shape index (κ3) is 5.16. The zero-order valence-electron chi connectivity index (χ0n) is 13.3. The van der Waals surface area contributed by atoms with E-state index in [0.29, 0.717) is 11.1 Å². The summed E-state index contributed by atoms with van der Waals surface area (Å²) < 4.78 is 24.4. The summed E-state index contributed by atoms with van der Waals surface area (Å²) in [4.78, 5) is 0. The lowest BCUT2D eigenvalue weighted by Gasteiger charge is -2.15. The van der Waals surface area contributed by atoms with E-state index in [4.69, 9.17) is 0 Å². The van der Waals surface area contributed by atoms with E-state index in [0.717, 1.165) is 11.1 Å². The first-order chi connectivity index (χ1) is 10.8. The van der Waals surface area contributed by atoms with Gasteiger partial charge in [0.25, 0.3) is 0 Å². The number of aliphatic hydroxyl groups is 2. The zero-order chi connectivity index (χ0) is 17.0. The predicted molar refractivity (Wildman–Crippen MR) is 90.9 cm³/mol. The van der Waals surface area contributed by atoms with E-state index in [1.54, 1.807) is 24.3 Å². The zero-order valence-corrected chi connectivity index (χ0v) is 14.1. The molecule has 0 aliphatic carbocycles. The fraction of sp³-hybridized carbons (Fsp3) is 0.333. The second kappa shape index (κ2) is 7.25. The van der Waals surface area contributed by atoms with Crippen LogP contribution in [-0.2, 0) is 9.84 Å². The quantitative estimate of drug-likeness (QED) is 0.851. The minimum absolute atomic E-state index is 0.404. The molecular weight excluding hydrogens is 312 g/mol. The van der Waals surface area contributed by atoms with E-state index in [2.05, 4.69) is 0 Å². The highest BCUT2D eigenvalue weighted by atomic mass is 32.2. The van der Waals surface area contributed by atoms with Crippen molar-refractivity contribution >= 4 is 9.84 Å². The summed E-state index contributed by atoms with van der Waals surface area (Å²) in [5, 5.41) is 20.2. The van der Waals surface area contributed by atoms with Gasteiger partial charge in [-0.05, 0) is 25.0 Å². The molecule has 0 bridgehead atoms. The molecule has 0 amide bonds.